The van der Waals surface area contributed by atoms with Gasteiger partial charge in [0.2, 0.25) is 10.0 Å². The zero-order chi connectivity index (χ0) is 14.9. The summed E-state index contributed by atoms with van der Waals surface area (Å²) < 4.78 is 27.0. The minimum Gasteiger partial charge on any atom is -0.476 e. The molecule has 2 rings (SSSR count). The van der Waals surface area contributed by atoms with Gasteiger partial charge in [-0.15, -0.1) is 0 Å². The number of hydrogen-bond acceptors (Lipinski definition) is 5. The summed E-state index contributed by atoms with van der Waals surface area (Å²) in [6.07, 6.45) is 1.98. The average Bonchev–Trinajstić information content (AvgIpc) is 2.75. The minimum absolute atomic E-state index is 0.153. The van der Waals surface area contributed by atoms with Crippen LogP contribution >= 0.6 is 0 Å². The van der Waals surface area contributed by atoms with Crippen molar-refractivity contribution in [1.29, 1.82) is 0 Å². The summed E-state index contributed by atoms with van der Waals surface area (Å²) >= 11 is 0. The Bertz CT molecular complexity index is 610. The maximum absolute atomic E-state index is 12.3. The SMILES string of the molecule is Cc1[nH]nc(C(=O)O)c1S(=O)(=O)NC1CCCCC1O. The van der Waals surface area contributed by atoms with Gasteiger partial charge in [0.1, 0.15) is 4.90 Å². The standard InChI is InChI=1S/C11H17N3O5S/c1-6-10(9(11(16)17)13-12-6)20(18,19)14-7-4-2-3-5-8(7)15/h7-8,14-15H,2-5H2,1H3,(H,12,13)(H,16,17). The fourth-order valence-electron chi connectivity index (χ4n) is 2.40. The summed E-state index contributed by atoms with van der Waals surface area (Å²) in [6.45, 7) is 1.44. The van der Waals surface area contributed by atoms with E-state index in [1.54, 1.807) is 0 Å². The first-order valence-corrected chi connectivity index (χ1v) is 7.80. The van der Waals surface area contributed by atoms with E-state index in [9.17, 15) is 18.3 Å². The number of carbonyl (C=O) groups is 1. The molecule has 1 heterocycles. The number of H-pyrrole nitrogens is 1. The number of carboxylic acid groups (broad SMARTS) is 1. The van der Waals surface area contributed by atoms with Crippen LogP contribution in [0.5, 0.6) is 0 Å². The van der Waals surface area contributed by atoms with Gasteiger partial charge in [-0.05, 0) is 19.8 Å². The van der Waals surface area contributed by atoms with Crippen LogP contribution in [-0.4, -0.2) is 46.9 Å². The first kappa shape index (κ1) is 14.9. The number of hydrogen-bond donors (Lipinski definition) is 4. The van der Waals surface area contributed by atoms with E-state index in [0.717, 1.165) is 12.8 Å². The Balaban J connectivity index is 2.31. The zero-order valence-corrected chi connectivity index (χ0v) is 11.8. The molecule has 20 heavy (non-hydrogen) atoms. The van der Waals surface area contributed by atoms with E-state index in [-0.39, 0.29) is 10.6 Å². The van der Waals surface area contributed by atoms with Crippen molar-refractivity contribution in [2.45, 2.75) is 49.6 Å². The molecule has 0 saturated heterocycles. The first-order valence-electron chi connectivity index (χ1n) is 6.31. The normalized spacial score (nSPS) is 23.7. The molecule has 0 bridgehead atoms. The van der Waals surface area contributed by atoms with Gasteiger partial charge in [-0.1, -0.05) is 12.8 Å². The van der Waals surface area contributed by atoms with Gasteiger partial charge in [-0.25, -0.2) is 17.9 Å². The number of aryl methyl sites for hydroxylation is 1. The molecule has 0 amide bonds. The number of aliphatic hydroxyl groups excluding tert-OH is 1. The molecule has 1 saturated carbocycles. The maximum atomic E-state index is 12.3. The van der Waals surface area contributed by atoms with Crippen molar-refractivity contribution in [2.75, 3.05) is 0 Å². The summed E-state index contributed by atoms with van der Waals surface area (Å²) in [4.78, 5) is 10.6. The molecule has 1 aromatic rings. The lowest BCUT2D eigenvalue weighted by Gasteiger charge is -2.28. The molecule has 2 unspecified atom stereocenters. The summed E-state index contributed by atoms with van der Waals surface area (Å²) in [7, 11) is -4.04. The minimum atomic E-state index is -4.04. The molecular weight excluding hydrogens is 286 g/mol. The lowest BCUT2D eigenvalue weighted by atomic mass is 9.93. The molecule has 1 fully saturated rings. The number of nitrogens with zero attached hydrogens (tertiary/aromatic N) is 1. The second-order valence-electron chi connectivity index (χ2n) is 4.91. The van der Waals surface area contributed by atoms with Gasteiger partial charge in [0.25, 0.3) is 0 Å². The Labute approximate surface area is 116 Å². The summed E-state index contributed by atoms with van der Waals surface area (Å²) in [5, 5.41) is 24.6. The van der Waals surface area contributed by atoms with Gasteiger partial charge in [0.15, 0.2) is 5.69 Å². The highest BCUT2D eigenvalue weighted by Gasteiger charge is 2.33. The highest BCUT2D eigenvalue weighted by Crippen LogP contribution is 2.23. The largest absolute Gasteiger partial charge is 0.476 e. The lowest BCUT2D eigenvalue weighted by Crippen LogP contribution is -2.45. The molecule has 0 radical (unpaired) electrons. The van der Waals surface area contributed by atoms with E-state index in [4.69, 9.17) is 5.11 Å². The molecular formula is C11H17N3O5S. The molecule has 0 aliphatic heterocycles. The van der Waals surface area contributed by atoms with Crippen molar-refractivity contribution in [3.63, 3.8) is 0 Å². The molecule has 0 spiro atoms. The third-order valence-electron chi connectivity index (χ3n) is 3.40. The molecule has 0 aromatic carbocycles. The Kier molecular flexibility index (Phi) is 4.11. The van der Waals surface area contributed by atoms with Crippen LogP contribution in [-0.2, 0) is 10.0 Å². The van der Waals surface area contributed by atoms with Crippen LogP contribution in [0.15, 0.2) is 4.90 Å². The van der Waals surface area contributed by atoms with Crippen LogP contribution in [0.3, 0.4) is 0 Å². The van der Waals surface area contributed by atoms with E-state index < -0.39 is 33.8 Å². The molecule has 1 aliphatic rings. The van der Waals surface area contributed by atoms with Gasteiger partial charge < -0.3 is 10.2 Å². The summed E-state index contributed by atoms with van der Waals surface area (Å²) in [6, 6.07) is -0.593. The van der Waals surface area contributed by atoms with E-state index in [2.05, 4.69) is 14.9 Å². The van der Waals surface area contributed by atoms with Crippen molar-refractivity contribution >= 4 is 16.0 Å². The number of nitrogens with one attached hydrogen (secondary N) is 2. The van der Waals surface area contributed by atoms with Crippen molar-refractivity contribution in [3.8, 4) is 0 Å². The Morgan fingerprint density at radius 1 is 1.40 bits per heavy atom. The fourth-order valence-corrected chi connectivity index (χ4v) is 4.03. The Morgan fingerprint density at radius 3 is 2.65 bits per heavy atom. The summed E-state index contributed by atoms with van der Waals surface area (Å²) in [5.74, 6) is -1.42. The molecule has 8 nitrogen and oxygen atoms in total. The maximum Gasteiger partial charge on any atom is 0.357 e. The molecule has 2 atom stereocenters. The predicted molar refractivity (Wildman–Crippen MR) is 68.9 cm³/mol. The Morgan fingerprint density at radius 2 is 2.05 bits per heavy atom. The first-order chi connectivity index (χ1) is 9.33. The molecule has 4 N–H and O–H groups in total. The van der Waals surface area contributed by atoms with Crippen molar-refractivity contribution in [3.05, 3.63) is 11.4 Å². The number of aromatic nitrogens is 2. The number of carboxylic acids is 1. The third-order valence-corrected chi connectivity index (χ3v) is 5.05. The Hall–Kier alpha value is -1.45. The average molecular weight is 303 g/mol. The number of aromatic amines is 1. The topological polar surface area (TPSA) is 132 Å². The van der Waals surface area contributed by atoms with Gasteiger partial charge >= 0.3 is 5.97 Å². The van der Waals surface area contributed by atoms with Crippen LogP contribution in [0.2, 0.25) is 0 Å². The van der Waals surface area contributed by atoms with Crippen LogP contribution in [0.4, 0.5) is 0 Å². The van der Waals surface area contributed by atoms with Crippen molar-refractivity contribution in [1.82, 2.24) is 14.9 Å². The highest BCUT2D eigenvalue weighted by atomic mass is 32.2. The second-order valence-corrected chi connectivity index (χ2v) is 6.56. The third kappa shape index (κ3) is 2.84. The quantitative estimate of drug-likeness (QED) is 0.619. The molecule has 9 heteroatoms. The van der Waals surface area contributed by atoms with E-state index in [1.807, 2.05) is 0 Å². The van der Waals surface area contributed by atoms with E-state index >= 15 is 0 Å². The highest BCUT2D eigenvalue weighted by molar-refractivity contribution is 7.89. The van der Waals surface area contributed by atoms with Crippen LogP contribution in [0, 0.1) is 6.92 Å². The lowest BCUT2D eigenvalue weighted by molar-refractivity contribution is 0.0686. The van der Waals surface area contributed by atoms with Gasteiger partial charge in [0, 0.05) is 6.04 Å². The van der Waals surface area contributed by atoms with Crippen LogP contribution in [0.1, 0.15) is 41.9 Å². The zero-order valence-electron chi connectivity index (χ0n) is 11.0. The number of sulfonamides is 1. The molecule has 1 aromatic heterocycles. The monoisotopic (exact) mass is 303 g/mol. The number of aromatic carboxylic acids is 1. The fraction of sp³-hybridized carbons (Fsp3) is 0.636. The number of aliphatic hydroxyl groups is 1. The molecule has 112 valence electrons. The second kappa shape index (κ2) is 5.51. The van der Waals surface area contributed by atoms with Gasteiger partial charge in [-0.3, -0.25) is 5.10 Å². The molecule has 1 aliphatic carbocycles. The van der Waals surface area contributed by atoms with Crippen molar-refractivity contribution < 1.29 is 23.4 Å². The van der Waals surface area contributed by atoms with Crippen molar-refractivity contribution in [2.24, 2.45) is 0 Å². The van der Waals surface area contributed by atoms with E-state index in [0.29, 0.717) is 12.8 Å². The predicted octanol–water partition coefficient (Wildman–Crippen LogP) is -0.00188. The smallest absolute Gasteiger partial charge is 0.357 e. The van der Waals surface area contributed by atoms with Gasteiger partial charge in [-0.2, -0.15) is 5.10 Å². The summed E-state index contributed by atoms with van der Waals surface area (Å²) in [5.41, 5.74) is -0.388. The van der Waals surface area contributed by atoms with Crippen LogP contribution in [0.25, 0.3) is 0 Å². The van der Waals surface area contributed by atoms with Gasteiger partial charge in [0.05, 0.1) is 11.8 Å². The number of rotatable bonds is 4. The van der Waals surface area contributed by atoms with Crippen LogP contribution < -0.4 is 4.72 Å². The van der Waals surface area contributed by atoms with E-state index in [1.165, 1.54) is 6.92 Å².